The number of rotatable bonds is 9. The molecule has 3 atom stereocenters. The number of hydrogen-bond acceptors (Lipinski definition) is 3. The first-order valence-electron chi connectivity index (χ1n) is 7.85. The Balaban J connectivity index is 1.78. The van der Waals surface area contributed by atoms with Crippen LogP contribution in [0.15, 0.2) is 0 Å². The number of methoxy groups -OCH3 is 1. The van der Waals surface area contributed by atoms with Crippen molar-refractivity contribution >= 4 is 22.6 Å². The number of halogens is 1. The quantitative estimate of drug-likeness (QED) is 0.338. The Hall–Kier alpha value is 0.610. The van der Waals surface area contributed by atoms with Gasteiger partial charge < -0.3 is 14.2 Å². The maximum Gasteiger partial charge on any atom is 0.0853 e. The molecule has 2 saturated carbocycles. The summed E-state index contributed by atoms with van der Waals surface area (Å²) in [7, 11) is 1.73. The fourth-order valence-corrected chi connectivity index (χ4v) is 6.07. The van der Waals surface area contributed by atoms with Crippen molar-refractivity contribution in [1.29, 1.82) is 0 Å². The molecular formula is C16H29IO3. The van der Waals surface area contributed by atoms with Crippen molar-refractivity contribution < 1.29 is 14.2 Å². The summed E-state index contributed by atoms with van der Waals surface area (Å²) in [5.74, 6) is 1.61. The van der Waals surface area contributed by atoms with E-state index in [9.17, 15) is 0 Å². The Labute approximate surface area is 137 Å². The summed E-state index contributed by atoms with van der Waals surface area (Å²) in [5.41, 5.74) is 0.388. The standard InChI is InChI=1S/C16H29IO3/c1-15(2)13-5-6-14(11-13)16(15,12-17)20-10-9-19-8-4-7-18-3/h13-14H,4-12H2,1-3H3. The summed E-state index contributed by atoms with van der Waals surface area (Å²) in [4.78, 5) is 0. The molecule has 20 heavy (non-hydrogen) atoms. The van der Waals surface area contributed by atoms with Crippen LogP contribution in [0.1, 0.15) is 39.5 Å². The Kier molecular flexibility index (Phi) is 6.15. The topological polar surface area (TPSA) is 27.7 Å². The molecule has 2 aliphatic carbocycles. The molecule has 2 rings (SSSR count). The third-order valence-electron chi connectivity index (χ3n) is 5.63. The van der Waals surface area contributed by atoms with Gasteiger partial charge in [0.1, 0.15) is 0 Å². The zero-order valence-corrected chi connectivity index (χ0v) is 15.3. The van der Waals surface area contributed by atoms with E-state index in [1.807, 2.05) is 0 Å². The lowest BCUT2D eigenvalue weighted by molar-refractivity contribution is -0.145. The summed E-state index contributed by atoms with van der Waals surface area (Å²) in [5, 5.41) is 0. The second-order valence-electron chi connectivity index (χ2n) is 6.76. The van der Waals surface area contributed by atoms with E-state index < -0.39 is 0 Å². The second kappa shape index (κ2) is 7.25. The summed E-state index contributed by atoms with van der Waals surface area (Å²) in [6, 6.07) is 0. The number of fused-ring (bicyclic) bond motifs is 2. The van der Waals surface area contributed by atoms with Crippen LogP contribution in [0.5, 0.6) is 0 Å². The van der Waals surface area contributed by atoms with Gasteiger partial charge in [-0.25, -0.2) is 0 Å². The predicted molar refractivity (Wildman–Crippen MR) is 89.5 cm³/mol. The molecular weight excluding hydrogens is 367 g/mol. The van der Waals surface area contributed by atoms with Gasteiger partial charge in [0, 0.05) is 24.8 Å². The van der Waals surface area contributed by atoms with Gasteiger partial charge in [-0.3, -0.25) is 0 Å². The molecule has 3 unspecified atom stereocenters. The van der Waals surface area contributed by atoms with Gasteiger partial charge in [-0.1, -0.05) is 36.4 Å². The summed E-state index contributed by atoms with van der Waals surface area (Å²) >= 11 is 2.52. The van der Waals surface area contributed by atoms with Crippen LogP contribution in [-0.2, 0) is 14.2 Å². The Morgan fingerprint density at radius 3 is 2.40 bits per heavy atom. The number of ether oxygens (including phenoxy) is 3. The van der Waals surface area contributed by atoms with Gasteiger partial charge in [0.05, 0.1) is 18.8 Å². The molecule has 0 aromatic heterocycles. The van der Waals surface area contributed by atoms with E-state index in [1.54, 1.807) is 7.11 Å². The van der Waals surface area contributed by atoms with Gasteiger partial charge >= 0.3 is 0 Å². The number of hydrogen-bond donors (Lipinski definition) is 0. The van der Waals surface area contributed by atoms with Crippen molar-refractivity contribution in [2.45, 2.75) is 45.1 Å². The van der Waals surface area contributed by atoms with Crippen LogP contribution in [0.3, 0.4) is 0 Å². The molecule has 0 aliphatic heterocycles. The van der Waals surface area contributed by atoms with Crippen LogP contribution >= 0.6 is 22.6 Å². The third kappa shape index (κ3) is 3.03. The van der Waals surface area contributed by atoms with Gasteiger partial charge in [-0.2, -0.15) is 0 Å². The van der Waals surface area contributed by atoms with Crippen LogP contribution in [0.4, 0.5) is 0 Å². The highest BCUT2D eigenvalue weighted by Crippen LogP contribution is 2.63. The molecule has 0 saturated heterocycles. The maximum atomic E-state index is 6.43. The van der Waals surface area contributed by atoms with Crippen LogP contribution < -0.4 is 0 Å². The summed E-state index contributed by atoms with van der Waals surface area (Å²) < 4.78 is 18.2. The minimum atomic E-state index is 0.0758. The monoisotopic (exact) mass is 396 g/mol. The molecule has 118 valence electrons. The molecule has 2 aliphatic rings. The van der Waals surface area contributed by atoms with Crippen molar-refractivity contribution in [2.75, 3.05) is 38.0 Å². The Morgan fingerprint density at radius 2 is 1.80 bits per heavy atom. The Bertz CT molecular complexity index is 308. The van der Waals surface area contributed by atoms with E-state index in [1.165, 1.54) is 19.3 Å². The van der Waals surface area contributed by atoms with Crippen LogP contribution in [0.25, 0.3) is 0 Å². The first kappa shape index (κ1) is 17.0. The molecule has 3 nitrogen and oxygen atoms in total. The lowest BCUT2D eigenvalue weighted by atomic mass is 9.66. The van der Waals surface area contributed by atoms with E-state index in [-0.39, 0.29) is 5.60 Å². The molecule has 0 aromatic rings. The second-order valence-corrected chi connectivity index (χ2v) is 7.52. The van der Waals surface area contributed by atoms with Gasteiger partial charge in [-0.15, -0.1) is 0 Å². The van der Waals surface area contributed by atoms with Crippen LogP contribution in [0, 0.1) is 17.3 Å². The highest BCUT2D eigenvalue weighted by molar-refractivity contribution is 14.1. The zero-order chi connectivity index (χ0) is 14.6. The van der Waals surface area contributed by atoms with Gasteiger partial charge in [-0.05, 0) is 42.9 Å². The van der Waals surface area contributed by atoms with E-state index >= 15 is 0 Å². The number of alkyl halides is 1. The summed E-state index contributed by atoms with van der Waals surface area (Å²) in [6.45, 7) is 7.79. The molecule has 0 aromatic carbocycles. The first-order valence-corrected chi connectivity index (χ1v) is 9.37. The summed E-state index contributed by atoms with van der Waals surface area (Å²) in [6.07, 6.45) is 5.08. The van der Waals surface area contributed by atoms with E-state index in [2.05, 4.69) is 36.4 Å². The van der Waals surface area contributed by atoms with Crippen LogP contribution in [0.2, 0.25) is 0 Å². The molecule has 0 heterocycles. The van der Waals surface area contributed by atoms with Crippen molar-refractivity contribution in [1.82, 2.24) is 0 Å². The van der Waals surface area contributed by atoms with Crippen molar-refractivity contribution in [3.05, 3.63) is 0 Å². The van der Waals surface area contributed by atoms with Crippen LogP contribution in [-0.4, -0.2) is 43.6 Å². The van der Waals surface area contributed by atoms with Crippen molar-refractivity contribution in [3.63, 3.8) is 0 Å². The normalized spacial score (nSPS) is 34.8. The van der Waals surface area contributed by atoms with E-state index in [0.717, 1.165) is 42.5 Å². The lowest BCUT2D eigenvalue weighted by Crippen LogP contribution is -2.53. The van der Waals surface area contributed by atoms with Gasteiger partial charge in [0.2, 0.25) is 0 Å². The fourth-order valence-electron chi connectivity index (χ4n) is 4.25. The largest absolute Gasteiger partial charge is 0.385 e. The van der Waals surface area contributed by atoms with Gasteiger partial charge in [0.25, 0.3) is 0 Å². The molecule has 0 spiro atoms. The molecule has 2 bridgehead atoms. The fraction of sp³-hybridized carbons (Fsp3) is 1.00. The predicted octanol–water partition coefficient (Wildman–Crippen LogP) is 3.69. The molecule has 4 heteroatoms. The minimum absolute atomic E-state index is 0.0758. The first-order chi connectivity index (χ1) is 9.58. The van der Waals surface area contributed by atoms with Gasteiger partial charge in [0.15, 0.2) is 0 Å². The van der Waals surface area contributed by atoms with Crippen molar-refractivity contribution in [2.24, 2.45) is 17.3 Å². The molecule has 0 amide bonds. The SMILES string of the molecule is COCCCOCCOC1(CI)C2CCC(C2)C1(C)C. The molecule has 2 fully saturated rings. The zero-order valence-electron chi connectivity index (χ0n) is 13.1. The van der Waals surface area contributed by atoms with Crippen molar-refractivity contribution in [3.8, 4) is 0 Å². The average Bonchev–Trinajstić information content (AvgIpc) is 2.98. The smallest absolute Gasteiger partial charge is 0.0853 e. The highest BCUT2D eigenvalue weighted by atomic mass is 127. The minimum Gasteiger partial charge on any atom is -0.385 e. The highest BCUT2D eigenvalue weighted by Gasteiger charge is 2.63. The molecule has 0 N–H and O–H groups in total. The van der Waals surface area contributed by atoms with E-state index in [0.29, 0.717) is 12.0 Å². The molecule has 0 radical (unpaired) electrons. The third-order valence-corrected chi connectivity index (χ3v) is 6.76. The average molecular weight is 396 g/mol. The maximum absolute atomic E-state index is 6.43. The lowest BCUT2D eigenvalue weighted by Gasteiger charge is -2.48. The van der Waals surface area contributed by atoms with E-state index in [4.69, 9.17) is 14.2 Å². The Morgan fingerprint density at radius 1 is 1.05 bits per heavy atom.